The summed E-state index contributed by atoms with van der Waals surface area (Å²) in [4.78, 5) is 16.9. The summed E-state index contributed by atoms with van der Waals surface area (Å²) in [7, 11) is 0. The first-order chi connectivity index (χ1) is 17.6. The number of unbranched alkanes of at least 4 members (excludes halogenated alkanes) is 15. The lowest BCUT2D eigenvalue weighted by molar-refractivity contribution is 0.0946. The van der Waals surface area contributed by atoms with Gasteiger partial charge in [0.15, 0.2) is 11.3 Å². The van der Waals surface area contributed by atoms with Crippen LogP contribution in [0.15, 0.2) is 12.1 Å². The van der Waals surface area contributed by atoms with Gasteiger partial charge in [-0.05, 0) is 25.3 Å². The molecular formula is C29H46F2N4O. The number of nitrogens with zero attached hydrogens (tertiary/aromatic N) is 3. The topological polar surface area (TPSA) is 59.3 Å². The molecule has 1 fully saturated rings. The number of amides is 1. The van der Waals surface area contributed by atoms with E-state index in [1.54, 1.807) is 0 Å². The third-order valence-electron chi connectivity index (χ3n) is 7.24. The van der Waals surface area contributed by atoms with Gasteiger partial charge in [-0.25, -0.2) is 18.3 Å². The second-order valence-electron chi connectivity index (χ2n) is 10.5. The Morgan fingerprint density at radius 1 is 0.889 bits per heavy atom. The molecule has 1 saturated carbocycles. The van der Waals surface area contributed by atoms with Crippen LogP contribution in [-0.2, 0) is 0 Å². The van der Waals surface area contributed by atoms with Crippen molar-refractivity contribution < 1.29 is 13.6 Å². The molecule has 1 amide bonds. The monoisotopic (exact) mass is 504 g/mol. The van der Waals surface area contributed by atoms with E-state index < -0.39 is 6.43 Å². The standard InChI is InChI=1S/C29H46F2N4O/c1-2-3-4-5-6-7-8-9-10-11-12-13-14-15-16-17-20-32-29(36)25-22-27-33-24(23-18-19-23)21-26(28(30)31)35(27)34-25/h21-23,28H,2-20H2,1H3,(H,32,36). The predicted octanol–water partition coefficient (Wildman–Crippen LogP) is 8.54. The van der Waals surface area contributed by atoms with E-state index in [1.165, 1.54) is 102 Å². The Balaban J connectivity index is 1.21. The number of fused-ring (bicyclic) bond motifs is 1. The van der Waals surface area contributed by atoms with Gasteiger partial charge in [0.05, 0.1) is 0 Å². The molecule has 3 rings (SSSR count). The van der Waals surface area contributed by atoms with Gasteiger partial charge in [0.25, 0.3) is 12.3 Å². The van der Waals surface area contributed by atoms with E-state index in [-0.39, 0.29) is 23.2 Å². The van der Waals surface area contributed by atoms with Gasteiger partial charge in [0.1, 0.15) is 5.69 Å². The van der Waals surface area contributed by atoms with Gasteiger partial charge in [0.2, 0.25) is 0 Å². The smallest absolute Gasteiger partial charge is 0.280 e. The van der Waals surface area contributed by atoms with E-state index in [0.717, 1.165) is 30.2 Å². The van der Waals surface area contributed by atoms with Crippen molar-refractivity contribution in [2.75, 3.05) is 6.54 Å². The number of hydrogen-bond acceptors (Lipinski definition) is 3. The van der Waals surface area contributed by atoms with Crippen molar-refractivity contribution in [3.05, 3.63) is 29.2 Å². The van der Waals surface area contributed by atoms with Crippen LogP contribution in [0.3, 0.4) is 0 Å². The molecule has 36 heavy (non-hydrogen) atoms. The third-order valence-corrected chi connectivity index (χ3v) is 7.24. The van der Waals surface area contributed by atoms with Crippen LogP contribution >= 0.6 is 0 Å². The minimum absolute atomic E-state index is 0.147. The zero-order valence-electron chi connectivity index (χ0n) is 22.3. The van der Waals surface area contributed by atoms with E-state index in [0.29, 0.717) is 17.9 Å². The highest BCUT2D eigenvalue weighted by Gasteiger charge is 2.28. The summed E-state index contributed by atoms with van der Waals surface area (Å²) in [5, 5.41) is 6.99. The average Bonchev–Trinajstić information content (AvgIpc) is 3.63. The number of carbonyl (C=O) groups is 1. The molecule has 2 aromatic rings. The first-order valence-corrected chi connectivity index (χ1v) is 14.6. The fourth-order valence-corrected chi connectivity index (χ4v) is 4.84. The Morgan fingerprint density at radius 2 is 1.42 bits per heavy atom. The van der Waals surface area contributed by atoms with Gasteiger partial charge in [-0.2, -0.15) is 5.10 Å². The van der Waals surface area contributed by atoms with E-state index >= 15 is 0 Å². The highest BCUT2D eigenvalue weighted by atomic mass is 19.3. The van der Waals surface area contributed by atoms with Crippen molar-refractivity contribution >= 4 is 11.6 Å². The van der Waals surface area contributed by atoms with Crippen molar-refractivity contribution in [3.63, 3.8) is 0 Å². The van der Waals surface area contributed by atoms with Gasteiger partial charge < -0.3 is 5.32 Å². The maximum absolute atomic E-state index is 13.5. The molecular weight excluding hydrogens is 458 g/mol. The van der Waals surface area contributed by atoms with Gasteiger partial charge in [-0.1, -0.05) is 103 Å². The highest BCUT2D eigenvalue weighted by molar-refractivity contribution is 5.93. The van der Waals surface area contributed by atoms with E-state index in [2.05, 4.69) is 22.3 Å². The number of hydrogen-bond donors (Lipinski definition) is 1. The molecule has 0 aliphatic heterocycles. The van der Waals surface area contributed by atoms with Crippen LogP contribution in [0.2, 0.25) is 0 Å². The molecule has 1 N–H and O–H groups in total. The fraction of sp³-hybridized carbons (Fsp3) is 0.759. The lowest BCUT2D eigenvalue weighted by Crippen LogP contribution is -2.24. The minimum Gasteiger partial charge on any atom is -0.351 e. The Bertz CT molecular complexity index is 910. The molecule has 0 atom stereocenters. The summed E-state index contributed by atoms with van der Waals surface area (Å²) >= 11 is 0. The molecule has 0 saturated heterocycles. The fourth-order valence-electron chi connectivity index (χ4n) is 4.84. The van der Waals surface area contributed by atoms with Gasteiger partial charge >= 0.3 is 0 Å². The quantitative estimate of drug-likeness (QED) is 0.184. The van der Waals surface area contributed by atoms with E-state index in [9.17, 15) is 13.6 Å². The molecule has 0 spiro atoms. The normalized spacial score (nSPS) is 13.7. The third kappa shape index (κ3) is 9.78. The first-order valence-electron chi connectivity index (χ1n) is 14.6. The number of nitrogens with one attached hydrogen (secondary N) is 1. The maximum atomic E-state index is 13.5. The Hall–Kier alpha value is -2.05. The van der Waals surface area contributed by atoms with Crippen LogP contribution in [0.25, 0.3) is 5.65 Å². The Morgan fingerprint density at radius 3 is 1.92 bits per heavy atom. The van der Waals surface area contributed by atoms with E-state index in [1.807, 2.05) is 0 Å². The molecule has 0 aromatic carbocycles. The molecule has 0 unspecified atom stereocenters. The molecule has 1 aliphatic carbocycles. The van der Waals surface area contributed by atoms with Crippen LogP contribution in [0.5, 0.6) is 0 Å². The Labute approximate surface area is 215 Å². The van der Waals surface area contributed by atoms with Crippen molar-refractivity contribution in [2.45, 2.75) is 135 Å². The lowest BCUT2D eigenvalue weighted by Gasteiger charge is -2.06. The zero-order chi connectivity index (χ0) is 25.6. The molecule has 1 aliphatic rings. The highest BCUT2D eigenvalue weighted by Crippen LogP contribution is 2.40. The summed E-state index contributed by atoms with van der Waals surface area (Å²) in [6.45, 7) is 2.84. The van der Waals surface area contributed by atoms with Crippen molar-refractivity contribution in [3.8, 4) is 0 Å². The molecule has 202 valence electrons. The van der Waals surface area contributed by atoms with Crippen LogP contribution in [0, 0.1) is 0 Å². The molecule has 0 radical (unpaired) electrons. The van der Waals surface area contributed by atoms with Gasteiger partial charge in [-0.3, -0.25) is 4.79 Å². The molecule has 2 aromatic heterocycles. The van der Waals surface area contributed by atoms with Crippen molar-refractivity contribution in [2.24, 2.45) is 0 Å². The summed E-state index contributed by atoms with van der Waals surface area (Å²) in [5.41, 5.74) is 0.952. The predicted molar refractivity (Wildman–Crippen MR) is 142 cm³/mol. The average molecular weight is 505 g/mol. The molecule has 0 bridgehead atoms. The molecule has 2 heterocycles. The van der Waals surface area contributed by atoms with E-state index in [4.69, 9.17) is 0 Å². The van der Waals surface area contributed by atoms with Crippen LogP contribution in [-0.4, -0.2) is 27.0 Å². The number of carbonyl (C=O) groups excluding carboxylic acids is 1. The number of halogens is 2. The maximum Gasteiger partial charge on any atom is 0.280 e. The van der Waals surface area contributed by atoms with Crippen molar-refractivity contribution in [1.29, 1.82) is 0 Å². The van der Waals surface area contributed by atoms with Gasteiger partial charge in [0, 0.05) is 24.2 Å². The van der Waals surface area contributed by atoms with Crippen LogP contribution in [0.4, 0.5) is 8.78 Å². The summed E-state index contributed by atoms with van der Waals surface area (Å²) in [5.74, 6) is -0.0655. The summed E-state index contributed by atoms with van der Waals surface area (Å²) in [6, 6.07) is 2.95. The second-order valence-corrected chi connectivity index (χ2v) is 10.5. The zero-order valence-corrected chi connectivity index (χ0v) is 22.3. The second kappa shape index (κ2) is 15.9. The van der Waals surface area contributed by atoms with Crippen LogP contribution in [0.1, 0.15) is 157 Å². The minimum atomic E-state index is -2.66. The molecule has 5 nitrogen and oxygen atoms in total. The number of aromatic nitrogens is 3. The number of rotatable bonds is 20. The van der Waals surface area contributed by atoms with Crippen LogP contribution < -0.4 is 5.32 Å². The summed E-state index contributed by atoms with van der Waals surface area (Å²) in [6.07, 6.45) is 20.3. The Kier molecular flexibility index (Phi) is 12.6. The first kappa shape index (κ1) is 28.5. The lowest BCUT2D eigenvalue weighted by atomic mass is 10.0. The largest absolute Gasteiger partial charge is 0.351 e. The SMILES string of the molecule is CCCCCCCCCCCCCCCCCCNC(=O)c1cc2nc(C3CC3)cc(C(F)F)n2n1. The summed E-state index contributed by atoms with van der Waals surface area (Å²) < 4.78 is 28.1. The molecule has 7 heteroatoms. The van der Waals surface area contributed by atoms with Crippen molar-refractivity contribution in [1.82, 2.24) is 19.9 Å². The van der Waals surface area contributed by atoms with Gasteiger partial charge in [-0.15, -0.1) is 0 Å². The number of alkyl halides is 2.